The SMILES string of the molecule is CC(C)(C)OC(=O)N1CC=C(c2ccc(OCC3CCN(C(=O)OC4(C)CC4)CC3)cn2)CC1. The molecule has 0 radical (unpaired) electrons. The van der Waals surface area contributed by atoms with Gasteiger partial charge in [0.2, 0.25) is 0 Å². The number of amides is 2. The second kappa shape index (κ2) is 9.84. The molecule has 1 aromatic heterocycles. The fraction of sp³-hybridized carbons (Fsp3) is 0.654. The molecule has 0 atom stereocenters. The molecule has 8 nitrogen and oxygen atoms in total. The van der Waals surface area contributed by atoms with Gasteiger partial charge in [0, 0.05) is 26.2 Å². The second-order valence-corrected chi connectivity index (χ2v) is 10.8. The molecule has 0 aromatic carbocycles. The number of pyridine rings is 1. The second-order valence-electron chi connectivity index (χ2n) is 10.8. The average molecular weight is 472 g/mol. The minimum atomic E-state index is -0.490. The molecule has 0 spiro atoms. The number of rotatable bonds is 5. The Morgan fingerprint density at radius 2 is 1.82 bits per heavy atom. The summed E-state index contributed by atoms with van der Waals surface area (Å²) in [5.41, 5.74) is 1.33. The van der Waals surface area contributed by atoms with E-state index < -0.39 is 5.60 Å². The number of piperidine rings is 1. The molecule has 1 saturated carbocycles. The number of nitrogens with zero attached hydrogens (tertiary/aromatic N) is 3. The summed E-state index contributed by atoms with van der Waals surface area (Å²) in [6.45, 7) is 10.8. The van der Waals surface area contributed by atoms with E-state index in [0.717, 1.165) is 49.1 Å². The van der Waals surface area contributed by atoms with Gasteiger partial charge in [0.15, 0.2) is 0 Å². The summed E-state index contributed by atoms with van der Waals surface area (Å²) in [4.78, 5) is 32.6. The molecule has 2 fully saturated rings. The molecule has 0 N–H and O–H groups in total. The molecule has 0 unspecified atom stereocenters. The van der Waals surface area contributed by atoms with Crippen molar-refractivity contribution >= 4 is 17.8 Å². The van der Waals surface area contributed by atoms with Crippen molar-refractivity contribution in [3.63, 3.8) is 0 Å². The van der Waals surface area contributed by atoms with Gasteiger partial charge in [-0.3, -0.25) is 4.98 Å². The highest BCUT2D eigenvalue weighted by Gasteiger charge is 2.43. The smallest absolute Gasteiger partial charge is 0.410 e. The molecule has 34 heavy (non-hydrogen) atoms. The van der Waals surface area contributed by atoms with Crippen molar-refractivity contribution in [3.8, 4) is 5.75 Å². The van der Waals surface area contributed by atoms with Crippen molar-refractivity contribution in [2.24, 2.45) is 5.92 Å². The molecule has 1 aliphatic carbocycles. The molecular formula is C26H37N3O5. The van der Waals surface area contributed by atoms with E-state index in [4.69, 9.17) is 14.2 Å². The zero-order valence-corrected chi connectivity index (χ0v) is 20.8. The van der Waals surface area contributed by atoms with Crippen LogP contribution in [0.2, 0.25) is 0 Å². The number of aromatic nitrogens is 1. The first-order chi connectivity index (χ1) is 16.1. The van der Waals surface area contributed by atoms with Crippen LogP contribution in [-0.4, -0.2) is 71.0 Å². The number of carbonyl (C=O) groups is 2. The van der Waals surface area contributed by atoms with Gasteiger partial charge in [-0.1, -0.05) is 6.08 Å². The van der Waals surface area contributed by atoms with Crippen LogP contribution in [0.1, 0.15) is 65.5 Å². The van der Waals surface area contributed by atoms with Crippen molar-refractivity contribution in [2.45, 2.75) is 71.0 Å². The van der Waals surface area contributed by atoms with E-state index in [-0.39, 0.29) is 17.8 Å². The summed E-state index contributed by atoms with van der Waals surface area (Å²) in [6.07, 6.45) is 7.86. The highest BCUT2D eigenvalue weighted by atomic mass is 16.6. The lowest BCUT2D eigenvalue weighted by molar-refractivity contribution is 0.0270. The fourth-order valence-corrected chi connectivity index (χ4v) is 4.10. The van der Waals surface area contributed by atoms with Crippen molar-refractivity contribution in [1.82, 2.24) is 14.8 Å². The summed E-state index contributed by atoms with van der Waals surface area (Å²) in [7, 11) is 0. The number of likely N-dealkylation sites (tertiary alicyclic amines) is 1. The largest absolute Gasteiger partial charge is 0.492 e. The minimum absolute atomic E-state index is 0.176. The maximum absolute atomic E-state index is 12.2. The van der Waals surface area contributed by atoms with Gasteiger partial charge in [-0.05, 0) is 83.4 Å². The monoisotopic (exact) mass is 471 g/mol. The topological polar surface area (TPSA) is 81.2 Å². The van der Waals surface area contributed by atoms with E-state index >= 15 is 0 Å². The van der Waals surface area contributed by atoms with Crippen LogP contribution in [0.15, 0.2) is 24.4 Å². The Kier molecular flexibility index (Phi) is 7.05. The summed E-state index contributed by atoms with van der Waals surface area (Å²) < 4.78 is 17.0. The van der Waals surface area contributed by atoms with Gasteiger partial charge >= 0.3 is 12.2 Å². The van der Waals surface area contributed by atoms with Crippen molar-refractivity contribution in [1.29, 1.82) is 0 Å². The Hall–Kier alpha value is -2.77. The molecule has 1 saturated heterocycles. The van der Waals surface area contributed by atoms with Crippen molar-refractivity contribution < 1.29 is 23.8 Å². The van der Waals surface area contributed by atoms with Crippen LogP contribution in [0.25, 0.3) is 5.57 Å². The lowest BCUT2D eigenvalue weighted by Gasteiger charge is -2.32. The summed E-state index contributed by atoms with van der Waals surface area (Å²) in [5, 5.41) is 0. The van der Waals surface area contributed by atoms with Gasteiger partial charge in [0.1, 0.15) is 17.0 Å². The maximum atomic E-state index is 12.2. The van der Waals surface area contributed by atoms with Gasteiger partial charge in [-0.25, -0.2) is 9.59 Å². The lowest BCUT2D eigenvalue weighted by atomic mass is 9.98. The van der Waals surface area contributed by atoms with E-state index in [9.17, 15) is 9.59 Å². The first-order valence-electron chi connectivity index (χ1n) is 12.3. The Balaban J connectivity index is 1.20. The number of ether oxygens (including phenoxy) is 3. The molecule has 186 valence electrons. The number of carbonyl (C=O) groups excluding carboxylic acids is 2. The standard InChI is InChI=1S/C26H37N3O5/c1-25(2,3)33-23(30)29-15-9-20(10-16-29)22-6-5-21(17-27-22)32-18-19-7-13-28(14-8-19)24(31)34-26(4)11-12-26/h5-6,9,17,19H,7-8,10-16,18H2,1-4H3. The quantitative estimate of drug-likeness (QED) is 0.608. The van der Waals surface area contributed by atoms with Crippen molar-refractivity contribution in [2.75, 3.05) is 32.8 Å². The van der Waals surface area contributed by atoms with Gasteiger partial charge in [-0.15, -0.1) is 0 Å². The van der Waals surface area contributed by atoms with E-state index in [1.54, 1.807) is 11.1 Å². The highest BCUT2D eigenvalue weighted by molar-refractivity contribution is 5.72. The van der Waals surface area contributed by atoms with Crippen LogP contribution >= 0.6 is 0 Å². The molecule has 2 aliphatic heterocycles. The molecule has 8 heteroatoms. The molecular weight excluding hydrogens is 434 g/mol. The third kappa shape index (κ3) is 6.64. The molecule has 3 heterocycles. The fourth-order valence-electron chi connectivity index (χ4n) is 4.10. The molecule has 3 aliphatic rings. The first kappa shape index (κ1) is 24.4. The van der Waals surface area contributed by atoms with Gasteiger partial charge in [0.25, 0.3) is 0 Å². The Morgan fingerprint density at radius 3 is 2.38 bits per heavy atom. The van der Waals surface area contributed by atoms with Crippen LogP contribution < -0.4 is 4.74 Å². The Bertz CT molecular complexity index is 909. The van der Waals surface area contributed by atoms with E-state index in [2.05, 4.69) is 4.98 Å². The Morgan fingerprint density at radius 1 is 1.09 bits per heavy atom. The third-order valence-corrected chi connectivity index (χ3v) is 6.57. The van der Waals surface area contributed by atoms with Crippen LogP contribution in [0.3, 0.4) is 0 Å². The number of hydrogen-bond acceptors (Lipinski definition) is 6. The van der Waals surface area contributed by atoms with Gasteiger partial charge in [0.05, 0.1) is 18.5 Å². The number of hydrogen-bond donors (Lipinski definition) is 0. The van der Waals surface area contributed by atoms with Gasteiger partial charge < -0.3 is 24.0 Å². The summed E-state index contributed by atoms with van der Waals surface area (Å²) in [6, 6.07) is 3.92. The predicted octanol–water partition coefficient (Wildman–Crippen LogP) is 4.89. The zero-order valence-electron chi connectivity index (χ0n) is 20.8. The third-order valence-electron chi connectivity index (χ3n) is 6.57. The molecule has 1 aromatic rings. The minimum Gasteiger partial charge on any atom is -0.492 e. The van der Waals surface area contributed by atoms with Crippen LogP contribution in [0.5, 0.6) is 5.75 Å². The first-order valence-corrected chi connectivity index (χ1v) is 12.3. The van der Waals surface area contributed by atoms with Crippen molar-refractivity contribution in [3.05, 3.63) is 30.1 Å². The predicted molar refractivity (Wildman–Crippen MR) is 129 cm³/mol. The summed E-state index contributed by atoms with van der Waals surface area (Å²) >= 11 is 0. The molecule has 4 rings (SSSR count). The van der Waals surface area contributed by atoms with Crippen LogP contribution in [-0.2, 0) is 9.47 Å². The summed E-state index contributed by atoms with van der Waals surface area (Å²) in [5.74, 6) is 1.17. The zero-order chi connectivity index (χ0) is 24.3. The lowest BCUT2D eigenvalue weighted by Crippen LogP contribution is -2.41. The Labute approximate surface area is 202 Å². The molecule has 2 amide bonds. The van der Waals surface area contributed by atoms with Crippen LogP contribution in [0, 0.1) is 5.92 Å². The van der Waals surface area contributed by atoms with E-state index in [0.29, 0.717) is 38.7 Å². The van der Waals surface area contributed by atoms with E-state index in [1.165, 1.54) is 0 Å². The van der Waals surface area contributed by atoms with Crippen LogP contribution in [0.4, 0.5) is 9.59 Å². The average Bonchev–Trinajstić information content (AvgIpc) is 3.53. The van der Waals surface area contributed by atoms with Gasteiger partial charge in [-0.2, -0.15) is 0 Å². The normalized spacial score (nSPS) is 20.4. The molecule has 0 bridgehead atoms. The maximum Gasteiger partial charge on any atom is 0.410 e. The highest BCUT2D eigenvalue weighted by Crippen LogP contribution is 2.39. The van der Waals surface area contributed by atoms with E-state index in [1.807, 2.05) is 50.8 Å².